The molecule has 160 valence electrons. The monoisotopic (exact) mass is 431 g/mol. The van der Waals surface area contributed by atoms with Crippen molar-refractivity contribution in [2.45, 2.75) is 13.8 Å². The fourth-order valence-corrected chi connectivity index (χ4v) is 3.34. The van der Waals surface area contributed by atoms with Gasteiger partial charge in [0, 0.05) is 17.7 Å². The Bertz CT molecular complexity index is 1340. The van der Waals surface area contributed by atoms with Crippen LogP contribution in [0, 0.1) is 17.0 Å². The number of hydrogen-bond acceptors (Lipinski definition) is 6. The number of aryl methyl sites for hydroxylation is 1. The molecule has 2 aromatic carbocycles. The molecule has 4 rings (SSSR count). The fraction of sp³-hybridized carbons (Fsp3) is 0.0870. The van der Waals surface area contributed by atoms with Crippen LogP contribution in [0.25, 0.3) is 17.4 Å². The third kappa shape index (κ3) is 3.79. The molecule has 1 N–H and O–H groups in total. The fourth-order valence-electron chi connectivity index (χ4n) is 3.34. The second-order valence-corrected chi connectivity index (χ2v) is 7.17. The highest BCUT2D eigenvalue weighted by atomic mass is 16.6. The maximum Gasteiger partial charge on any atom is 0.335 e. The van der Waals surface area contributed by atoms with E-state index in [1.807, 2.05) is 6.92 Å². The molecule has 0 spiro atoms. The molecule has 0 fully saturated rings. The van der Waals surface area contributed by atoms with E-state index in [2.05, 4.69) is 5.10 Å². The molecule has 0 saturated heterocycles. The van der Waals surface area contributed by atoms with Gasteiger partial charge in [0.25, 0.3) is 11.6 Å². The Labute approximate surface area is 182 Å². The van der Waals surface area contributed by atoms with Crippen molar-refractivity contribution in [3.63, 3.8) is 0 Å². The Balaban J connectivity index is 1.64. The summed E-state index contributed by atoms with van der Waals surface area (Å²) in [6, 6.07) is 13.8. The summed E-state index contributed by atoms with van der Waals surface area (Å²) in [7, 11) is 0. The molecule has 9 heteroatoms. The smallest absolute Gasteiger partial charge is 0.335 e. The van der Waals surface area contributed by atoms with Crippen LogP contribution in [0.2, 0.25) is 0 Å². The summed E-state index contributed by atoms with van der Waals surface area (Å²) in [6.07, 6.45) is 1.54. The highest BCUT2D eigenvalue weighted by Gasteiger charge is 2.29. The minimum atomic E-state index is -1.10. The van der Waals surface area contributed by atoms with Crippen LogP contribution in [0.3, 0.4) is 0 Å². The van der Waals surface area contributed by atoms with Crippen molar-refractivity contribution in [2.24, 2.45) is 5.10 Å². The van der Waals surface area contributed by atoms with Gasteiger partial charge < -0.3 is 9.52 Å². The quantitative estimate of drug-likeness (QED) is 0.355. The molecule has 0 bridgehead atoms. The van der Waals surface area contributed by atoms with Crippen LogP contribution in [0.15, 0.2) is 69.7 Å². The van der Waals surface area contributed by atoms with Gasteiger partial charge in [-0.1, -0.05) is 12.1 Å². The number of hydrogen-bond donors (Lipinski definition) is 1. The molecule has 0 aliphatic carbocycles. The maximum atomic E-state index is 12.9. The van der Waals surface area contributed by atoms with Crippen molar-refractivity contribution in [1.82, 2.24) is 0 Å². The van der Waals surface area contributed by atoms with Gasteiger partial charge in [-0.3, -0.25) is 14.9 Å². The van der Waals surface area contributed by atoms with Crippen LogP contribution in [0.1, 0.15) is 28.6 Å². The number of nitro benzene ring substituents is 1. The highest BCUT2D eigenvalue weighted by molar-refractivity contribution is 6.32. The molecule has 1 aliphatic rings. The predicted molar refractivity (Wildman–Crippen MR) is 118 cm³/mol. The molecule has 3 aromatic rings. The normalized spacial score (nSPS) is 14.7. The van der Waals surface area contributed by atoms with Crippen molar-refractivity contribution in [1.29, 1.82) is 0 Å². The summed E-state index contributed by atoms with van der Waals surface area (Å²) in [5.41, 5.74) is 2.47. The Hall–Kier alpha value is -4.53. The third-order valence-electron chi connectivity index (χ3n) is 5.01. The van der Waals surface area contributed by atoms with E-state index in [4.69, 9.17) is 4.42 Å². The van der Waals surface area contributed by atoms with Crippen molar-refractivity contribution in [2.75, 3.05) is 5.01 Å². The van der Waals surface area contributed by atoms with E-state index in [1.165, 1.54) is 24.3 Å². The van der Waals surface area contributed by atoms with E-state index in [1.54, 1.807) is 43.3 Å². The summed E-state index contributed by atoms with van der Waals surface area (Å²) in [6.45, 7) is 3.49. The number of carboxylic acid groups (broad SMARTS) is 1. The van der Waals surface area contributed by atoms with Crippen molar-refractivity contribution in [3.8, 4) is 11.3 Å². The molecule has 2 heterocycles. The first-order valence-electron chi connectivity index (χ1n) is 9.55. The lowest BCUT2D eigenvalue weighted by Gasteiger charge is -2.12. The molecule has 1 aliphatic heterocycles. The maximum absolute atomic E-state index is 12.9. The van der Waals surface area contributed by atoms with Crippen LogP contribution >= 0.6 is 0 Å². The number of nitro groups is 1. The third-order valence-corrected chi connectivity index (χ3v) is 5.01. The van der Waals surface area contributed by atoms with Gasteiger partial charge in [0.1, 0.15) is 11.5 Å². The van der Waals surface area contributed by atoms with E-state index >= 15 is 0 Å². The largest absolute Gasteiger partial charge is 0.478 e. The predicted octanol–water partition coefficient (Wildman–Crippen LogP) is 4.67. The van der Waals surface area contributed by atoms with Gasteiger partial charge in [0.15, 0.2) is 0 Å². The lowest BCUT2D eigenvalue weighted by atomic mass is 10.1. The van der Waals surface area contributed by atoms with Gasteiger partial charge in [-0.05, 0) is 55.8 Å². The van der Waals surface area contributed by atoms with E-state index < -0.39 is 16.8 Å². The Morgan fingerprint density at radius 2 is 1.94 bits per heavy atom. The summed E-state index contributed by atoms with van der Waals surface area (Å²) >= 11 is 0. The number of carbonyl (C=O) groups excluding carboxylic acids is 1. The van der Waals surface area contributed by atoms with Crippen LogP contribution < -0.4 is 5.01 Å². The standard InChI is InChI=1S/C23H17N3O6/c1-13-6-7-17(26(30)31)11-19(13)21-9-8-18(32-21)12-20-14(2)24-25(22(20)27)16-5-3-4-15(10-16)23(28)29/h3-12H,1-2H3,(H,28,29)/b20-12+. The van der Waals surface area contributed by atoms with Crippen LogP contribution in [-0.4, -0.2) is 27.6 Å². The molecule has 0 unspecified atom stereocenters. The molecule has 0 radical (unpaired) electrons. The zero-order chi connectivity index (χ0) is 23.0. The number of benzene rings is 2. The number of amides is 1. The number of rotatable bonds is 5. The minimum Gasteiger partial charge on any atom is -0.478 e. The van der Waals surface area contributed by atoms with Gasteiger partial charge in [-0.2, -0.15) is 10.1 Å². The summed E-state index contributed by atoms with van der Waals surface area (Å²) in [4.78, 5) is 34.8. The van der Waals surface area contributed by atoms with Crippen LogP contribution in [0.5, 0.6) is 0 Å². The van der Waals surface area contributed by atoms with Gasteiger partial charge in [0.05, 0.1) is 27.5 Å². The second kappa shape index (κ2) is 7.95. The zero-order valence-corrected chi connectivity index (χ0v) is 17.1. The SMILES string of the molecule is CC1=NN(c2cccc(C(=O)O)c2)C(=O)/C1=C/c1ccc(-c2cc([N+](=O)[O-])ccc2C)o1. The highest BCUT2D eigenvalue weighted by Crippen LogP contribution is 2.31. The molecule has 32 heavy (non-hydrogen) atoms. The number of hydrazone groups is 1. The van der Waals surface area contributed by atoms with Crippen LogP contribution in [0.4, 0.5) is 11.4 Å². The molecular formula is C23H17N3O6. The first-order valence-corrected chi connectivity index (χ1v) is 9.55. The van der Waals surface area contributed by atoms with E-state index in [0.717, 1.165) is 10.6 Å². The molecule has 0 saturated carbocycles. The number of carbonyl (C=O) groups is 2. The Kier molecular flexibility index (Phi) is 5.15. The van der Waals surface area contributed by atoms with Gasteiger partial charge >= 0.3 is 5.97 Å². The first-order chi connectivity index (χ1) is 15.2. The molecular weight excluding hydrogens is 414 g/mol. The number of non-ortho nitro benzene ring substituents is 1. The Morgan fingerprint density at radius 1 is 1.16 bits per heavy atom. The lowest BCUT2D eigenvalue weighted by Crippen LogP contribution is -2.21. The summed E-state index contributed by atoms with van der Waals surface area (Å²) in [5.74, 6) is -0.710. The van der Waals surface area contributed by atoms with E-state index in [-0.39, 0.29) is 11.3 Å². The topological polar surface area (TPSA) is 126 Å². The van der Waals surface area contributed by atoms with E-state index in [9.17, 15) is 24.8 Å². The number of nitrogens with zero attached hydrogens (tertiary/aromatic N) is 3. The lowest BCUT2D eigenvalue weighted by molar-refractivity contribution is -0.384. The van der Waals surface area contributed by atoms with Crippen molar-refractivity contribution >= 4 is 35.0 Å². The number of anilines is 1. The van der Waals surface area contributed by atoms with E-state index in [0.29, 0.717) is 34.1 Å². The van der Waals surface area contributed by atoms with Crippen molar-refractivity contribution < 1.29 is 24.0 Å². The number of furan rings is 1. The average molecular weight is 431 g/mol. The summed E-state index contributed by atoms with van der Waals surface area (Å²) in [5, 5.41) is 25.7. The Morgan fingerprint density at radius 3 is 2.66 bits per heavy atom. The minimum absolute atomic E-state index is 0.0450. The van der Waals surface area contributed by atoms with Gasteiger partial charge in [-0.15, -0.1) is 0 Å². The molecule has 9 nitrogen and oxygen atoms in total. The zero-order valence-electron chi connectivity index (χ0n) is 17.1. The molecule has 1 amide bonds. The van der Waals surface area contributed by atoms with Gasteiger partial charge in [-0.25, -0.2) is 4.79 Å². The number of aromatic carboxylic acids is 1. The van der Waals surface area contributed by atoms with Crippen LogP contribution in [-0.2, 0) is 4.79 Å². The van der Waals surface area contributed by atoms with Gasteiger partial charge in [0.2, 0.25) is 0 Å². The summed E-state index contributed by atoms with van der Waals surface area (Å²) < 4.78 is 5.83. The number of carboxylic acids is 1. The molecule has 1 aromatic heterocycles. The first kappa shape index (κ1) is 20.7. The molecule has 0 atom stereocenters. The second-order valence-electron chi connectivity index (χ2n) is 7.17. The average Bonchev–Trinajstić information content (AvgIpc) is 3.34. The van der Waals surface area contributed by atoms with Crippen molar-refractivity contribution in [3.05, 3.63) is 87.2 Å².